The Labute approximate surface area is 118 Å². The van der Waals surface area contributed by atoms with Crippen LogP contribution in [0.15, 0.2) is 0 Å². The van der Waals surface area contributed by atoms with Gasteiger partial charge >= 0.3 is 0 Å². The van der Waals surface area contributed by atoms with E-state index in [4.69, 9.17) is 10.5 Å². The molecule has 20 heavy (non-hydrogen) atoms. The highest BCUT2D eigenvalue weighted by Gasteiger charge is 2.32. The smallest absolute Gasteiger partial charge is 0.231 e. The number of nitrogens with one attached hydrogen (secondary N) is 1. The van der Waals surface area contributed by atoms with Crippen LogP contribution in [0.1, 0.15) is 20.3 Å². The van der Waals surface area contributed by atoms with Gasteiger partial charge in [0.25, 0.3) is 0 Å². The van der Waals surface area contributed by atoms with E-state index in [-0.39, 0.29) is 5.95 Å². The van der Waals surface area contributed by atoms with Crippen molar-refractivity contribution < 1.29 is 9.84 Å². The maximum atomic E-state index is 10.2. The molecule has 1 fully saturated rings. The number of nitrogens with zero attached hydrogens (tertiary/aromatic N) is 4. The molecule has 8 nitrogen and oxygen atoms in total. The highest BCUT2D eigenvalue weighted by Crippen LogP contribution is 2.19. The molecule has 1 aromatic rings. The molecule has 4 N–H and O–H groups in total. The second-order valence-electron chi connectivity index (χ2n) is 4.87. The first kappa shape index (κ1) is 14.7. The van der Waals surface area contributed by atoms with Crippen molar-refractivity contribution in [1.82, 2.24) is 15.0 Å². The molecular weight excluding hydrogens is 260 g/mol. The monoisotopic (exact) mass is 282 g/mol. The van der Waals surface area contributed by atoms with Gasteiger partial charge in [-0.2, -0.15) is 15.0 Å². The van der Waals surface area contributed by atoms with Gasteiger partial charge in [-0.05, 0) is 13.8 Å². The fourth-order valence-electron chi connectivity index (χ4n) is 2.09. The largest absolute Gasteiger partial charge is 0.386 e. The number of aromatic nitrogens is 3. The summed E-state index contributed by atoms with van der Waals surface area (Å²) >= 11 is 0. The fourth-order valence-corrected chi connectivity index (χ4v) is 2.09. The second-order valence-corrected chi connectivity index (χ2v) is 4.87. The van der Waals surface area contributed by atoms with Crippen LogP contribution >= 0.6 is 0 Å². The molecule has 2 rings (SSSR count). The molecule has 1 aliphatic rings. The van der Waals surface area contributed by atoms with Crippen LogP contribution in [-0.2, 0) is 4.74 Å². The normalized spacial score (nSPS) is 21.9. The zero-order valence-corrected chi connectivity index (χ0v) is 12.0. The van der Waals surface area contributed by atoms with Crippen LogP contribution in [-0.4, -0.2) is 58.5 Å². The minimum atomic E-state index is -0.864. The summed E-state index contributed by atoms with van der Waals surface area (Å²) in [6.07, 6.45) is 0.601. The first-order valence-corrected chi connectivity index (χ1v) is 6.87. The van der Waals surface area contributed by atoms with Crippen molar-refractivity contribution in [2.45, 2.75) is 25.9 Å². The van der Waals surface area contributed by atoms with E-state index in [1.807, 2.05) is 18.7 Å². The predicted octanol–water partition coefficient (Wildman–Crippen LogP) is -0.137. The highest BCUT2D eigenvalue weighted by atomic mass is 16.5. The Morgan fingerprint density at radius 3 is 2.70 bits per heavy atom. The number of aliphatic hydroxyl groups is 1. The number of anilines is 3. The minimum Gasteiger partial charge on any atom is -0.386 e. The van der Waals surface area contributed by atoms with Crippen LogP contribution in [0, 0.1) is 0 Å². The highest BCUT2D eigenvalue weighted by molar-refractivity contribution is 5.41. The molecule has 0 saturated carbocycles. The van der Waals surface area contributed by atoms with Gasteiger partial charge in [0.2, 0.25) is 17.8 Å². The average Bonchev–Trinajstić information content (AvgIpc) is 2.85. The van der Waals surface area contributed by atoms with Crippen molar-refractivity contribution >= 4 is 17.8 Å². The summed E-state index contributed by atoms with van der Waals surface area (Å²) in [5, 5.41) is 13.2. The van der Waals surface area contributed by atoms with Gasteiger partial charge in [0, 0.05) is 32.7 Å². The summed E-state index contributed by atoms with van der Waals surface area (Å²) in [5.74, 6) is 1.08. The van der Waals surface area contributed by atoms with Crippen LogP contribution in [0.2, 0.25) is 0 Å². The standard InChI is InChI=1S/C12H22N6O2/c1-3-18(4-2)11-16-9(13)15-10(17-11)14-7-12(19)5-6-20-8-12/h19H,3-8H2,1-2H3,(H3,13,14,15,16,17). The Morgan fingerprint density at radius 1 is 1.35 bits per heavy atom. The van der Waals surface area contributed by atoms with E-state index in [1.165, 1.54) is 0 Å². The molecule has 1 aliphatic heterocycles. The van der Waals surface area contributed by atoms with Crippen LogP contribution in [0.3, 0.4) is 0 Å². The average molecular weight is 282 g/mol. The van der Waals surface area contributed by atoms with Crippen LogP contribution < -0.4 is 16.0 Å². The molecule has 112 valence electrons. The molecular formula is C12H22N6O2. The van der Waals surface area contributed by atoms with Crippen molar-refractivity contribution in [2.24, 2.45) is 0 Å². The lowest BCUT2D eigenvalue weighted by Gasteiger charge is -2.22. The molecule has 0 aliphatic carbocycles. The van der Waals surface area contributed by atoms with E-state index < -0.39 is 5.60 Å². The van der Waals surface area contributed by atoms with E-state index in [1.54, 1.807) is 0 Å². The number of hydrogen-bond acceptors (Lipinski definition) is 8. The molecule has 2 heterocycles. The molecule has 1 unspecified atom stereocenters. The SMILES string of the molecule is CCN(CC)c1nc(N)nc(NCC2(O)CCOC2)n1. The van der Waals surface area contributed by atoms with Gasteiger partial charge in [-0.15, -0.1) is 0 Å². The molecule has 0 bridgehead atoms. The molecule has 0 aromatic carbocycles. The lowest BCUT2D eigenvalue weighted by molar-refractivity contribution is 0.0380. The third-order valence-corrected chi connectivity index (χ3v) is 3.35. The van der Waals surface area contributed by atoms with E-state index in [0.717, 1.165) is 13.1 Å². The predicted molar refractivity (Wildman–Crippen MR) is 76.7 cm³/mol. The summed E-state index contributed by atoms with van der Waals surface area (Å²) in [4.78, 5) is 14.5. The van der Waals surface area contributed by atoms with Crippen molar-refractivity contribution in [1.29, 1.82) is 0 Å². The van der Waals surface area contributed by atoms with E-state index in [0.29, 0.717) is 38.1 Å². The Hall–Kier alpha value is -1.67. The first-order chi connectivity index (χ1) is 9.56. The lowest BCUT2D eigenvalue weighted by atomic mass is 10.0. The number of nitrogen functional groups attached to an aromatic ring is 1. The van der Waals surface area contributed by atoms with Crippen molar-refractivity contribution in [3.05, 3.63) is 0 Å². The van der Waals surface area contributed by atoms with Crippen molar-refractivity contribution in [3.63, 3.8) is 0 Å². The number of ether oxygens (including phenoxy) is 1. The number of hydrogen-bond donors (Lipinski definition) is 3. The van der Waals surface area contributed by atoms with E-state index in [2.05, 4.69) is 20.3 Å². The summed E-state index contributed by atoms with van der Waals surface area (Å²) in [5.41, 5.74) is 4.84. The maximum absolute atomic E-state index is 10.2. The molecule has 0 radical (unpaired) electrons. The summed E-state index contributed by atoms with van der Waals surface area (Å²) in [7, 11) is 0. The van der Waals surface area contributed by atoms with Gasteiger partial charge in [-0.25, -0.2) is 0 Å². The van der Waals surface area contributed by atoms with Crippen LogP contribution in [0.5, 0.6) is 0 Å². The minimum absolute atomic E-state index is 0.166. The quantitative estimate of drug-likeness (QED) is 0.661. The zero-order valence-electron chi connectivity index (χ0n) is 12.0. The maximum Gasteiger partial charge on any atom is 0.231 e. The molecule has 0 amide bonds. The van der Waals surface area contributed by atoms with Crippen molar-refractivity contribution in [2.75, 3.05) is 48.8 Å². The summed E-state index contributed by atoms with van der Waals surface area (Å²) in [6.45, 7) is 6.85. The zero-order chi connectivity index (χ0) is 14.6. The van der Waals surface area contributed by atoms with Gasteiger partial charge < -0.3 is 25.8 Å². The van der Waals surface area contributed by atoms with Crippen molar-refractivity contribution in [3.8, 4) is 0 Å². The number of nitrogens with two attached hydrogens (primary N) is 1. The summed E-state index contributed by atoms with van der Waals surface area (Å²) < 4.78 is 5.19. The Morgan fingerprint density at radius 2 is 2.10 bits per heavy atom. The van der Waals surface area contributed by atoms with Gasteiger partial charge in [0.15, 0.2) is 0 Å². The van der Waals surface area contributed by atoms with Crippen LogP contribution in [0.4, 0.5) is 17.8 Å². The van der Waals surface area contributed by atoms with Gasteiger partial charge in [0.1, 0.15) is 5.60 Å². The Kier molecular flexibility index (Phi) is 4.56. The fraction of sp³-hybridized carbons (Fsp3) is 0.750. The third-order valence-electron chi connectivity index (χ3n) is 3.35. The first-order valence-electron chi connectivity index (χ1n) is 6.87. The topological polar surface area (TPSA) is 109 Å². The van der Waals surface area contributed by atoms with Gasteiger partial charge in [-0.1, -0.05) is 0 Å². The number of rotatable bonds is 6. The molecule has 1 aromatic heterocycles. The molecule has 0 spiro atoms. The van der Waals surface area contributed by atoms with E-state index >= 15 is 0 Å². The van der Waals surface area contributed by atoms with Gasteiger partial charge in [0.05, 0.1) is 6.61 Å². The Bertz CT molecular complexity index is 446. The Balaban J connectivity index is 2.07. The molecule has 8 heteroatoms. The van der Waals surface area contributed by atoms with E-state index in [9.17, 15) is 5.11 Å². The molecule has 1 saturated heterocycles. The summed E-state index contributed by atoms with van der Waals surface area (Å²) in [6, 6.07) is 0. The molecule has 1 atom stereocenters. The van der Waals surface area contributed by atoms with Gasteiger partial charge in [-0.3, -0.25) is 0 Å². The lowest BCUT2D eigenvalue weighted by Crippen LogP contribution is -2.37. The second kappa shape index (κ2) is 6.19. The van der Waals surface area contributed by atoms with Crippen LogP contribution in [0.25, 0.3) is 0 Å². The third kappa shape index (κ3) is 3.45.